The zero-order chi connectivity index (χ0) is 19.2. The summed E-state index contributed by atoms with van der Waals surface area (Å²) in [4.78, 5) is 6.07. The standard InChI is InChI=1S/C22H20ClN5/c23-19-10-6-7-17(13-19)16-28-26-21(15-24-14-20-11-4-5-12-25-20)22(27-28)18-8-2-1-3-9-18/h1-13,24H,14-16H2. The van der Waals surface area contributed by atoms with Crippen molar-refractivity contribution in [3.63, 3.8) is 0 Å². The van der Waals surface area contributed by atoms with Crippen molar-refractivity contribution in [3.05, 3.63) is 101 Å². The second-order valence-electron chi connectivity index (χ2n) is 6.45. The zero-order valence-corrected chi connectivity index (χ0v) is 16.0. The van der Waals surface area contributed by atoms with Crippen molar-refractivity contribution < 1.29 is 0 Å². The Morgan fingerprint density at radius 1 is 0.857 bits per heavy atom. The average molecular weight is 390 g/mol. The van der Waals surface area contributed by atoms with Gasteiger partial charge in [0.05, 0.1) is 12.2 Å². The van der Waals surface area contributed by atoms with E-state index in [4.69, 9.17) is 21.8 Å². The second-order valence-corrected chi connectivity index (χ2v) is 6.88. The molecular formula is C22H20ClN5. The van der Waals surface area contributed by atoms with Crippen molar-refractivity contribution in [1.82, 2.24) is 25.3 Å². The third kappa shape index (κ3) is 4.63. The zero-order valence-electron chi connectivity index (χ0n) is 15.3. The first-order valence-electron chi connectivity index (χ1n) is 9.12. The Balaban J connectivity index is 1.55. The van der Waals surface area contributed by atoms with Gasteiger partial charge < -0.3 is 5.32 Å². The molecule has 28 heavy (non-hydrogen) atoms. The van der Waals surface area contributed by atoms with Crippen LogP contribution in [0.25, 0.3) is 11.3 Å². The first-order valence-corrected chi connectivity index (χ1v) is 9.50. The Morgan fingerprint density at radius 3 is 2.50 bits per heavy atom. The minimum atomic E-state index is 0.570. The van der Waals surface area contributed by atoms with Crippen LogP contribution in [0, 0.1) is 0 Å². The highest BCUT2D eigenvalue weighted by Gasteiger charge is 2.13. The van der Waals surface area contributed by atoms with E-state index in [1.165, 1.54) is 0 Å². The van der Waals surface area contributed by atoms with Gasteiger partial charge in [0.1, 0.15) is 11.4 Å². The van der Waals surface area contributed by atoms with Gasteiger partial charge in [0.15, 0.2) is 0 Å². The van der Waals surface area contributed by atoms with Crippen LogP contribution in [0.2, 0.25) is 5.02 Å². The lowest BCUT2D eigenvalue weighted by molar-refractivity contribution is 0.575. The van der Waals surface area contributed by atoms with E-state index in [9.17, 15) is 0 Å². The molecule has 0 fully saturated rings. The van der Waals surface area contributed by atoms with Crippen molar-refractivity contribution in [2.75, 3.05) is 0 Å². The molecule has 0 radical (unpaired) electrons. The fourth-order valence-electron chi connectivity index (χ4n) is 3.00. The minimum absolute atomic E-state index is 0.570. The molecule has 0 saturated carbocycles. The number of halogens is 1. The topological polar surface area (TPSA) is 55.6 Å². The van der Waals surface area contributed by atoms with Gasteiger partial charge in [0, 0.05) is 29.9 Å². The Morgan fingerprint density at radius 2 is 1.71 bits per heavy atom. The summed E-state index contributed by atoms with van der Waals surface area (Å²) in [5.41, 5.74) is 4.90. The molecule has 2 aromatic heterocycles. The number of benzene rings is 2. The summed E-state index contributed by atoms with van der Waals surface area (Å²) in [6.45, 7) is 1.85. The van der Waals surface area contributed by atoms with Crippen molar-refractivity contribution in [3.8, 4) is 11.3 Å². The summed E-state index contributed by atoms with van der Waals surface area (Å²) in [5, 5.41) is 13.6. The average Bonchev–Trinajstić information content (AvgIpc) is 3.12. The number of aromatic nitrogens is 4. The highest BCUT2D eigenvalue weighted by molar-refractivity contribution is 6.30. The van der Waals surface area contributed by atoms with E-state index in [1.54, 1.807) is 11.0 Å². The highest BCUT2D eigenvalue weighted by Crippen LogP contribution is 2.21. The Labute approximate surface area is 169 Å². The van der Waals surface area contributed by atoms with Crippen molar-refractivity contribution >= 4 is 11.6 Å². The molecule has 0 unspecified atom stereocenters. The van der Waals surface area contributed by atoms with Gasteiger partial charge in [-0.1, -0.05) is 60.1 Å². The Kier molecular flexibility index (Phi) is 5.75. The first-order chi connectivity index (χ1) is 13.8. The first kappa shape index (κ1) is 18.3. The molecular weight excluding hydrogens is 370 g/mol. The summed E-state index contributed by atoms with van der Waals surface area (Å²) in [5.74, 6) is 0. The van der Waals surface area contributed by atoms with Gasteiger partial charge >= 0.3 is 0 Å². The molecule has 0 aliphatic carbocycles. The molecule has 5 nitrogen and oxygen atoms in total. The highest BCUT2D eigenvalue weighted by atomic mass is 35.5. The lowest BCUT2D eigenvalue weighted by atomic mass is 10.1. The van der Waals surface area contributed by atoms with Crippen LogP contribution in [0.1, 0.15) is 17.0 Å². The predicted molar refractivity (Wildman–Crippen MR) is 111 cm³/mol. The minimum Gasteiger partial charge on any atom is -0.305 e. The molecule has 0 aliphatic heterocycles. The quantitative estimate of drug-likeness (QED) is 0.511. The van der Waals surface area contributed by atoms with Gasteiger partial charge in [0.2, 0.25) is 0 Å². The van der Waals surface area contributed by atoms with Crippen LogP contribution < -0.4 is 5.32 Å². The molecule has 4 aromatic rings. The summed E-state index contributed by atoms with van der Waals surface area (Å²) in [7, 11) is 0. The van der Waals surface area contributed by atoms with Gasteiger partial charge in [0.25, 0.3) is 0 Å². The summed E-state index contributed by atoms with van der Waals surface area (Å²) in [6.07, 6.45) is 1.80. The van der Waals surface area contributed by atoms with Crippen LogP contribution >= 0.6 is 11.6 Å². The van der Waals surface area contributed by atoms with Crippen LogP contribution in [0.4, 0.5) is 0 Å². The van der Waals surface area contributed by atoms with E-state index < -0.39 is 0 Å². The fourth-order valence-corrected chi connectivity index (χ4v) is 3.22. The van der Waals surface area contributed by atoms with Gasteiger partial charge in [-0.2, -0.15) is 15.0 Å². The maximum absolute atomic E-state index is 6.10. The van der Waals surface area contributed by atoms with Crippen LogP contribution in [0.3, 0.4) is 0 Å². The molecule has 4 rings (SSSR count). The van der Waals surface area contributed by atoms with Crippen molar-refractivity contribution in [1.29, 1.82) is 0 Å². The third-order valence-electron chi connectivity index (χ3n) is 4.31. The summed E-state index contributed by atoms with van der Waals surface area (Å²) < 4.78 is 0. The SMILES string of the molecule is Clc1cccc(Cn2nc(CNCc3ccccn3)c(-c3ccccc3)n2)c1. The number of hydrogen-bond acceptors (Lipinski definition) is 4. The van der Waals surface area contributed by atoms with Gasteiger partial charge in [-0.05, 0) is 29.8 Å². The predicted octanol–water partition coefficient (Wildman–Crippen LogP) is 4.33. The van der Waals surface area contributed by atoms with Crippen LogP contribution in [0.15, 0.2) is 79.0 Å². The molecule has 2 aromatic carbocycles. The lowest BCUT2D eigenvalue weighted by Crippen LogP contribution is -2.15. The number of nitrogens with one attached hydrogen (secondary N) is 1. The molecule has 6 heteroatoms. The molecule has 0 spiro atoms. The number of pyridine rings is 1. The van der Waals surface area contributed by atoms with E-state index in [0.29, 0.717) is 24.7 Å². The molecule has 2 heterocycles. The van der Waals surface area contributed by atoms with E-state index in [2.05, 4.69) is 22.4 Å². The van der Waals surface area contributed by atoms with Crippen molar-refractivity contribution in [2.45, 2.75) is 19.6 Å². The van der Waals surface area contributed by atoms with E-state index in [-0.39, 0.29) is 0 Å². The molecule has 0 bridgehead atoms. The van der Waals surface area contributed by atoms with Gasteiger partial charge in [-0.3, -0.25) is 4.98 Å². The van der Waals surface area contributed by atoms with Crippen LogP contribution in [-0.4, -0.2) is 20.0 Å². The molecule has 0 saturated heterocycles. The molecule has 0 aliphatic rings. The largest absolute Gasteiger partial charge is 0.305 e. The Hall–Kier alpha value is -3.02. The maximum atomic E-state index is 6.10. The molecule has 0 amide bonds. The van der Waals surface area contributed by atoms with Crippen LogP contribution in [0.5, 0.6) is 0 Å². The molecule has 1 N–H and O–H groups in total. The summed E-state index contributed by atoms with van der Waals surface area (Å²) >= 11 is 6.10. The second kappa shape index (κ2) is 8.78. The number of nitrogens with zero attached hydrogens (tertiary/aromatic N) is 4. The smallest absolute Gasteiger partial charge is 0.117 e. The van der Waals surface area contributed by atoms with Gasteiger partial charge in [-0.15, -0.1) is 0 Å². The fraction of sp³-hybridized carbons (Fsp3) is 0.136. The number of rotatable bonds is 7. The summed E-state index contributed by atoms with van der Waals surface area (Å²) in [6, 6.07) is 23.8. The van der Waals surface area contributed by atoms with E-state index in [1.807, 2.05) is 60.7 Å². The van der Waals surface area contributed by atoms with Crippen molar-refractivity contribution in [2.24, 2.45) is 0 Å². The van der Waals surface area contributed by atoms with Crippen LogP contribution in [-0.2, 0) is 19.6 Å². The third-order valence-corrected chi connectivity index (χ3v) is 4.54. The Bertz CT molecular complexity index is 1030. The number of hydrogen-bond donors (Lipinski definition) is 1. The molecule has 140 valence electrons. The maximum Gasteiger partial charge on any atom is 0.117 e. The monoisotopic (exact) mass is 389 g/mol. The van der Waals surface area contributed by atoms with E-state index >= 15 is 0 Å². The molecule has 0 atom stereocenters. The lowest BCUT2D eigenvalue weighted by Gasteiger charge is -2.03. The van der Waals surface area contributed by atoms with E-state index in [0.717, 1.165) is 28.2 Å². The van der Waals surface area contributed by atoms with Gasteiger partial charge in [-0.25, -0.2) is 0 Å². The normalized spacial score (nSPS) is 10.9.